The van der Waals surface area contributed by atoms with Gasteiger partial charge in [0.05, 0.1) is 6.61 Å². The normalized spacial score (nSPS) is 17.6. The summed E-state index contributed by atoms with van der Waals surface area (Å²) < 4.78 is 5.95. The van der Waals surface area contributed by atoms with Crippen molar-refractivity contribution in [2.24, 2.45) is 0 Å². The van der Waals surface area contributed by atoms with Crippen LogP contribution in [0.25, 0.3) is 0 Å². The van der Waals surface area contributed by atoms with Crippen molar-refractivity contribution in [3.05, 3.63) is 29.8 Å². The van der Waals surface area contributed by atoms with Crippen LogP contribution >= 0.6 is 0 Å². The first-order valence-corrected chi connectivity index (χ1v) is 7.42. The Morgan fingerprint density at radius 1 is 1.26 bits per heavy atom. The molecule has 0 spiro atoms. The summed E-state index contributed by atoms with van der Waals surface area (Å²) in [5, 5.41) is 3.27. The summed E-state index contributed by atoms with van der Waals surface area (Å²) in [7, 11) is 1.98. The molecule has 1 aliphatic heterocycles. The van der Waals surface area contributed by atoms with E-state index >= 15 is 0 Å². The number of likely N-dealkylation sites (tertiary alicyclic amines) is 1. The molecule has 1 saturated heterocycles. The van der Waals surface area contributed by atoms with Crippen LogP contribution in [0.5, 0.6) is 5.75 Å². The van der Waals surface area contributed by atoms with Gasteiger partial charge in [-0.2, -0.15) is 0 Å². The van der Waals surface area contributed by atoms with Gasteiger partial charge in [-0.1, -0.05) is 18.2 Å². The highest BCUT2D eigenvalue weighted by Gasteiger charge is 2.11. The first-order valence-electron chi connectivity index (χ1n) is 7.42. The Bertz CT molecular complexity index is 375. The van der Waals surface area contributed by atoms with Crippen molar-refractivity contribution in [2.45, 2.75) is 32.2 Å². The first kappa shape index (κ1) is 14.4. The molecule has 1 unspecified atom stereocenters. The number of ether oxygens (including phenoxy) is 1. The summed E-state index contributed by atoms with van der Waals surface area (Å²) in [6.07, 6.45) is 3.84. The van der Waals surface area contributed by atoms with Crippen molar-refractivity contribution in [1.82, 2.24) is 10.2 Å². The number of para-hydroxylation sites is 1. The van der Waals surface area contributed by atoms with Crippen LogP contribution in [0, 0.1) is 0 Å². The molecule has 1 fully saturated rings. The fourth-order valence-electron chi connectivity index (χ4n) is 2.60. The number of nitrogens with one attached hydrogen (secondary N) is 1. The van der Waals surface area contributed by atoms with Gasteiger partial charge in [0.25, 0.3) is 0 Å². The van der Waals surface area contributed by atoms with Crippen molar-refractivity contribution in [1.29, 1.82) is 0 Å². The van der Waals surface area contributed by atoms with Gasteiger partial charge < -0.3 is 15.0 Å². The second-order valence-electron chi connectivity index (χ2n) is 5.30. The summed E-state index contributed by atoms with van der Waals surface area (Å²) >= 11 is 0. The van der Waals surface area contributed by atoms with Crippen LogP contribution < -0.4 is 10.1 Å². The highest BCUT2D eigenvalue weighted by molar-refractivity contribution is 5.35. The Hall–Kier alpha value is -1.06. The van der Waals surface area contributed by atoms with E-state index < -0.39 is 0 Å². The molecule has 0 radical (unpaired) electrons. The standard InChI is InChI=1S/C16H26N2O/c1-14(17-2)15-8-3-4-9-16(15)19-13-7-12-18-10-5-6-11-18/h3-4,8-9,14,17H,5-7,10-13H2,1-2H3. The second kappa shape index (κ2) is 7.51. The molecule has 1 aliphatic rings. The van der Waals surface area contributed by atoms with E-state index in [0.29, 0.717) is 6.04 Å². The van der Waals surface area contributed by atoms with Crippen LogP contribution in [-0.2, 0) is 0 Å². The van der Waals surface area contributed by atoms with Crippen LogP contribution in [0.15, 0.2) is 24.3 Å². The molecule has 1 atom stereocenters. The smallest absolute Gasteiger partial charge is 0.124 e. The van der Waals surface area contributed by atoms with E-state index in [1.807, 2.05) is 13.1 Å². The molecule has 19 heavy (non-hydrogen) atoms. The van der Waals surface area contributed by atoms with Gasteiger partial charge in [-0.05, 0) is 52.4 Å². The Balaban J connectivity index is 1.78. The molecule has 0 saturated carbocycles. The first-order chi connectivity index (χ1) is 9.31. The lowest BCUT2D eigenvalue weighted by Gasteiger charge is -2.18. The minimum absolute atomic E-state index is 0.329. The summed E-state index contributed by atoms with van der Waals surface area (Å²) in [5.74, 6) is 1.02. The molecule has 0 aliphatic carbocycles. The predicted octanol–water partition coefficient (Wildman–Crippen LogP) is 2.83. The molecule has 1 heterocycles. The van der Waals surface area contributed by atoms with Gasteiger partial charge in [-0.3, -0.25) is 0 Å². The van der Waals surface area contributed by atoms with Gasteiger partial charge >= 0.3 is 0 Å². The minimum atomic E-state index is 0.329. The number of rotatable bonds is 7. The molecule has 3 nitrogen and oxygen atoms in total. The zero-order valence-corrected chi connectivity index (χ0v) is 12.2. The van der Waals surface area contributed by atoms with Crippen molar-refractivity contribution in [3.63, 3.8) is 0 Å². The third-order valence-corrected chi connectivity index (χ3v) is 3.89. The number of hydrogen-bond donors (Lipinski definition) is 1. The fourth-order valence-corrected chi connectivity index (χ4v) is 2.60. The number of benzene rings is 1. The summed E-state index contributed by atoms with van der Waals surface area (Å²) in [5.41, 5.74) is 1.24. The van der Waals surface area contributed by atoms with E-state index in [1.54, 1.807) is 0 Å². The van der Waals surface area contributed by atoms with Crippen LogP contribution in [0.2, 0.25) is 0 Å². The van der Waals surface area contributed by atoms with Gasteiger partial charge in [0.1, 0.15) is 5.75 Å². The van der Waals surface area contributed by atoms with E-state index in [1.165, 1.54) is 38.0 Å². The zero-order valence-electron chi connectivity index (χ0n) is 12.2. The molecule has 2 rings (SSSR count). The lowest BCUT2D eigenvalue weighted by molar-refractivity contribution is 0.260. The van der Waals surface area contributed by atoms with E-state index in [-0.39, 0.29) is 0 Å². The minimum Gasteiger partial charge on any atom is -0.493 e. The van der Waals surface area contributed by atoms with Crippen molar-refractivity contribution >= 4 is 0 Å². The molecule has 0 amide bonds. The average Bonchev–Trinajstić information content (AvgIpc) is 2.96. The highest BCUT2D eigenvalue weighted by Crippen LogP contribution is 2.24. The lowest BCUT2D eigenvalue weighted by atomic mass is 10.1. The quantitative estimate of drug-likeness (QED) is 0.765. The molecule has 1 aromatic carbocycles. The molecule has 0 bridgehead atoms. The van der Waals surface area contributed by atoms with Crippen LogP contribution in [-0.4, -0.2) is 38.2 Å². The fraction of sp³-hybridized carbons (Fsp3) is 0.625. The van der Waals surface area contributed by atoms with E-state index in [0.717, 1.165) is 18.8 Å². The predicted molar refractivity (Wildman–Crippen MR) is 79.7 cm³/mol. The summed E-state index contributed by atoms with van der Waals surface area (Å²) in [4.78, 5) is 2.53. The second-order valence-corrected chi connectivity index (χ2v) is 5.30. The third kappa shape index (κ3) is 4.22. The van der Waals surface area contributed by atoms with Gasteiger partial charge in [0.2, 0.25) is 0 Å². The van der Waals surface area contributed by atoms with E-state index in [9.17, 15) is 0 Å². The maximum absolute atomic E-state index is 5.95. The van der Waals surface area contributed by atoms with E-state index in [2.05, 4.69) is 35.3 Å². The lowest BCUT2D eigenvalue weighted by Crippen LogP contribution is -2.22. The maximum atomic E-state index is 5.95. The van der Waals surface area contributed by atoms with Gasteiger partial charge in [-0.25, -0.2) is 0 Å². The maximum Gasteiger partial charge on any atom is 0.124 e. The summed E-state index contributed by atoms with van der Waals surface area (Å²) in [6, 6.07) is 8.65. The van der Waals surface area contributed by atoms with Gasteiger partial charge in [0, 0.05) is 18.2 Å². The molecule has 1 aromatic rings. The Labute approximate surface area is 116 Å². The van der Waals surface area contributed by atoms with Crippen LogP contribution in [0.4, 0.5) is 0 Å². The van der Waals surface area contributed by atoms with Crippen molar-refractivity contribution in [3.8, 4) is 5.75 Å². The molecule has 3 heteroatoms. The summed E-state index contributed by atoms with van der Waals surface area (Å²) in [6.45, 7) is 6.68. The molecular formula is C16H26N2O. The van der Waals surface area contributed by atoms with Crippen LogP contribution in [0.1, 0.15) is 37.8 Å². The van der Waals surface area contributed by atoms with Crippen molar-refractivity contribution < 1.29 is 4.74 Å². The molecule has 0 aromatic heterocycles. The SMILES string of the molecule is CNC(C)c1ccccc1OCCCN1CCCC1. The Morgan fingerprint density at radius 2 is 2.00 bits per heavy atom. The van der Waals surface area contributed by atoms with Crippen molar-refractivity contribution in [2.75, 3.05) is 33.3 Å². The van der Waals surface area contributed by atoms with Gasteiger partial charge in [0.15, 0.2) is 0 Å². The van der Waals surface area contributed by atoms with Crippen LogP contribution in [0.3, 0.4) is 0 Å². The topological polar surface area (TPSA) is 24.5 Å². The van der Waals surface area contributed by atoms with Gasteiger partial charge in [-0.15, -0.1) is 0 Å². The molecule has 1 N–H and O–H groups in total. The highest BCUT2D eigenvalue weighted by atomic mass is 16.5. The zero-order chi connectivity index (χ0) is 13.5. The monoisotopic (exact) mass is 262 g/mol. The molecule has 106 valence electrons. The number of nitrogens with zero attached hydrogens (tertiary/aromatic N) is 1. The number of hydrogen-bond acceptors (Lipinski definition) is 3. The largest absolute Gasteiger partial charge is 0.493 e. The van der Waals surface area contributed by atoms with E-state index in [4.69, 9.17) is 4.74 Å². The molecular weight excluding hydrogens is 236 g/mol. The average molecular weight is 262 g/mol. The Morgan fingerprint density at radius 3 is 2.74 bits per heavy atom. The third-order valence-electron chi connectivity index (χ3n) is 3.89. The Kier molecular flexibility index (Phi) is 5.67.